The van der Waals surface area contributed by atoms with Crippen LogP contribution in [0.5, 0.6) is 0 Å². The number of carbonyl (C=O) groups excluding carboxylic acids is 1. The first-order valence-corrected chi connectivity index (χ1v) is 5.77. The van der Waals surface area contributed by atoms with Gasteiger partial charge in [-0.3, -0.25) is 19.1 Å². The smallest absolute Gasteiger partial charge is 0.328 e. The number of primary amides is 1. The summed E-state index contributed by atoms with van der Waals surface area (Å²) >= 11 is 0. The van der Waals surface area contributed by atoms with E-state index in [0.717, 1.165) is 10.6 Å². The maximum atomic E-state index is 13.7. The number of aromatic nitrogens is 2. The Hall–Kier alpha value is -2.70. The average molecular weight is 277 g/mol. The Labute approximate surface area is 112 Å². The van der Waals surface area contributed by atoms with E-state index in [2.05, 4.69) is 4.98 Å². The van der Waals surface area contributed by atoms with Crippen LogP contribution in [-0.4, -0.2) is 15.5 Å². The number of H-pyrrole nitrogens is 1. The number of hydrogen-bond acceptors (Lipinski definition) is 3. The van der Waals surface area contributed by atoms with Gasteiger partial charge < -0.3 is 5.73 Å². The van der Waals surface area contributed by atoms with Crippen molar-refractivity contribution >= 4 is 5.91 Å². The number of rotatable bonds is 3. The normalized spacial score (nSPS) is 10.5. The highest BCUT2D eigenvalue weighted by Crippen LogP contribution is 2.11. The molecule has 0 fully saturated rings. The van der Waals surface area contributed by atoms with Crippen LogP contribution in [-0.2, 0) is 6.54 Å². The van der Waals surface area contributed by atoms with E-state index in [1.165, 1.54) is 25.3 Å². The number of halogens is 1. The minimum atomic E-state index is -0.684. The summed E-state index contributed by atoms with van der Waals surface area (Å²) in [6.45, 7) is 1.42. The summed E-state index contributed by atoms with van der Waals surface area (Å²) < 4.78 is 14.8. The lowest BCUT2D eigenvalue weighted by atomic mass is 10.1. The Kier molecular flexibility index (Phi) is 3.51. The van der Waals surface area contributed by atoms with Gasteiger partial charge in [0.15, 0.2) is 0 Å². The maximum Gasteiger partial charge on any atom is 0.328 e. The van der Waals surface area contributed by atoms with Crippen molar-refractivity contribution in [2.24, 2.45) is 5.73 Å². The van der Waals surface area contributed by atoms with Gasteiger partial charge in [-0.15, -0.1) is 0 Å². The van der Waals surface area contributed by atoms with Crippen LogP contribution in [0.15, 0.2) is 34.0 Å². The molecule has 3 N–H and O–H groups in total. The molecule has 0 aliphatic carbocycles. The first-order valence-electron chi connectivity index (χ1n) is 5.77. The molecule has 1 aromatic heterocycles. The van der Waals surface area contributed by atoms with E-state index in [1.54, 1.807) is 0 Å². The monoisotopic (exact) mass is 277 g/mol. The molecule has 7 heteroatoms. The Morgan fingerprint density at radius 2 is 2.10 bits per heavy atom. The third-order valence-electron chi connectivity index (χ3n) is 2.86. The molecule has 0 bridgehead atoms. The van der Waals surface area contributed by atoms with E-state index in [4.69, 9.17) is 5.73 Å². The molecule has 0 saturated carbocycles. The Morgan fingerprint density at radius 1 is 1.40 bits per heavy atom. The Balaban J connectivity index is 2.47. The summed E-state index contributed by atoms with van der Waals surface area (Å²) in [4.78, 5) is 36.1. The number of aromatic amines is 1. The van der Waals surface area contributed by atoms with Gasteiger partial charge in [0.05, 0.1) is 6.54 Å². The molecule has 2 rings (SSSR count). The predicted molar refractivity (Wildman–Crippen MR) is 70.1 cm³/mol. The van der Waals surface area contributed by atoms with Crippen molar-refractivity contribution in [3.8, 4) is 0 Å². The largest absolute Gasteiger partial charge is 0.366 e. The third-order valence-corrected chi connectivity index (χ3v) is 2.86. The molecule has 6 nitrogen and oxygen atoms in total. The highest BCUT2D eigenvalue weighted by Gasteiger charge is 2.09. The second-order valence-electron chi connectivity index (χ2n) is 4.37. The van der Waals surface area contributed by atoms with Crippen molar-refractivity contribution < 1.29 is 9.18 Å². The van der Waals surface area contributed by atoms with Gasteiger partial charge in [0, 0.05) is 22.9 Å². The van der Waals surface area contributed by atoms with Crippen molar-refractivity contribution in [3.63, 3.8) is 0 Å². The van der Waals surface area contributed by atoms with E-state index in [9.17, 15) is 18.8 Å². The second kappa shape index (κ2) is 5.12. The number of nitrogens with two attached hydrogens (primary N) is 1. The fraction of sp³-hybridized carbons (Fsp3) is 0.154. The fourth-order valence-corrected chi connectivity index (χ4v) is 1.77. The van der Waals surface area contributed by atoms with E-state index in [-0.39, 0.29) is 17.7 Å². The molecule has 0 radical (unpaired) electrons. The molecule has 0 unspecified atom stereocenters. The minimum Gasteiger partial charge on any atom is -0.366 e. The first kappa shape index (κ1) is 13.7. The molecule has 0 spiro atoms. The Bertz CT molecular complexity index is 792. The zero-order chi connectivity index (χ0) is 14.9. The van der Waals surface area contributed by atoms with Crippen LogP contribution in [0.2, 0.25) is 0 Å². The van der Waals surface area contributed by atoms with E-state index >= 15 is 0 Å². The minimum absolute atomic E-state index is 0.108. The van der Waals surface area contributed by atoms with Crippen LogP contribution < -0.4 is 17.0 Å². The molecule has 0 atom stereocenters. The molecule has 20 heavy (non-hydrogen) atoms. The quantitative estimate of drug-likeness (QED) is 0.834. The van der Waals surface area contributed by atoms with Crippen LogP contribution in [0, 0.1) is 12.7 Å². The van der Waals surface area contributed by atoms with E-state index < -0.39 is 23.0 Å². The standard InChI is InChI=1S/C13H12FN3O3/c1-7-5-17(13(20)16-12(7)19)6-9-4-8(11(15)18)2-3-10(9)14/h2-5H,6H2,1H3,(H2,15,18)(H,16,19,20). The molecule has 2 aromatic rings. The molecule has 1 aromatic carbocycles. The van der Waals surface area contributed by atoms with Crippen LogP contribution in [0.25, 0.3) is 0 Å². The number of benzene rings is 1. The number of aryl methyl sites for hydroxylation is 1. The van der Waals surface area contributed by atoms with Crippen molar-refractivity contribution in [1.82, 2.24) is 9.55 Å². The number of nitrogens with zero attached hydrogens (tertiary/aromatic N) is 1. The van der Waals surface area contributed by atoms with Crippen molar-refractivity contribution in [1.29, 1.82) is 0 Å². The van der Waals surface area contributed by atoms with Gasteiger partial charge in [-0.25, -0.2) is 9.18 Å². The van der Waals surface area contributed by atoms with Gasteiger partial charge in [0.1, 0.15) is 5.82 Å². The zero-order valence-electron chi connectivity index (χ0n) is 10.6. The summed E-state index contributed by atoms with van der Waals surface area (Å²) in [6, 6.07) is 3.66. The SMILES string of the molecule is Cc1cn(Cc2cc(C(N)=O)ccc2F)c(=O)[nH]c1=O. The van der Waals surface area contributed by atoms with Gasteiger partial charge in [0.25, 0.3) is 5.56 Å². The van der Waals surface area contributed by atoms with Crippen LogP contribution >= 0.6 is 0 Å². The van der Waals surface area contributed by atoms with Crippen molar-refractivity contribution in [2.75, 3.05) is 0 Å². The predicted octanol–water partition coefficient (Wildman–Crippen LogP) is 0.131. The topological polar surface area (TPSA) is 97.9 Å². The lowest BCUT2D eigenvalue weighted by Gasteiger charge is -2.08. The second-order valence-corrected chi connectivity index (χ2v) is 4.37. The average Bonchev–Trinajstić information content (AvgIpc) is 2.38. The van der Waals surface area contributed by atoms with E-state index in [0.29, 0.717) is 5.56 Å². The summed E-state index contributed by atoms with van der Waals surface area (Å²) in [7, 11) is 0. The van der Waals surface area contributed by atoms with E-state index in [1.807, 2.05) is 0 Å². The Morgan fingerprint density at radius 3 is 2.75 bits per heavy atom. The summed E-state index contributed by atoms with van der Waals surface area (Å²) in [6.07, 6.45) is 1.33. The van der Waals surface area contributed by atoms with Gasteiger partial charge in [-0.1, -0.05) is 0 Å². The van der Waals surface area contributed by atoms with Gasteiger partial charge >= 0.3 is 5.69 Å². The third kappa shape index (κ3) is 2.66. The summed E-state index contributed by atoms with van der Waals surface area (Å²) in [5.74, 6) is -1.25. The fourth-order valence-electron chi connectivity index (χ4n) is 1.77. The van der Waals surface area contributed by atoms with Gasteiger partial charge in [-0.2, -0.15) is 0 Å². The number of hydrogen-bond donors (Lipinski definition) is 2. The number of nitrogens with one attached hydrogen (secondary N) is 1. The highest BCUT2D eigenvalue weighted by molar-refractivity contribution is 5.92. The molecule has 0 aliphatic rings. The molecule has 1 amide bonds. The lowest BCUT2D eigenvalue weighted by Crippen LogP contribution is -2.31. The summed E-state index contributed by atoms with van der Waals surface area (Å²) in [5.41, 5.74) is 4.60. The maximum absolute atomic E-state index is 13.7. The molecular formula is C13H12FN3O3. The van der Waals surface area contributed by atoms with Crippen LogP contribution in [0.4, 0.5) is 4.39 Å². The van der Waals surface area contributed by atoms with Crippen molar-refractivity contribution in [2.45, 2.75) is 13.5 Å². The first-order chi connectivity index (χ1) is 9.38. The zero-order valence-corrected chi connectivity index (χ0v) is 10.6. The van der Waals surface area contributed by atoms with Crippen LogP contribution in [0.3, 0.4) is 0 Å². The highest BCUT2D eigenvalue weighted by atomic mass is 19.1. The molecule has 0 saturated heterocycles. The van der Waals surface area contributed by atoms with Gasteiger partial charge in [-0.05, 0) is 25.1 Å². The van der Waals surface area contributed by atoms with Crippen molar-refractivity contribution in [3.05, 3.63) is 67.7 Å². The van der Waals surface area contributed by atoms with Gasteiger partial charge in [0.2, 0.25) is 5.91 Å². The molecular weight excluding hydrogens is 265 g/mol. The molecule has 104 valence electrons. The summed E-state index contributed by atoms with van der Waals surface area (Å²) in [5, 5.41) is 0. The number of carbonyl (C=O) groups is 1. The number of amides is 1. The molecule has 0 aliphatic heterocycles. The lowest BCUT2D eigenvalue weighted by molar-refractivity contribution is 0.1000. The van der Waals surface area contributed by atoms with Crippen LogP contribution in [0.1, 0.15) is 21.5 Å². The molecule has 1 heterocycles.